The average Bonchev–Trinajstić information content (AvgIpc) is 2.47. The monoisotopic (exact) mass is 178 g/mol. The topological polar surface area (TPSA) is 25.8 Å². The summed E-state index contributed by atoms with van der Waals surface area (Å²) in [6.07, 6.45) is 5.88. The number of aromatic nitrogens is 2. The first-order chi connectivity index (χ1) is 5.90. The fourth-order valence-electron chi connectivity index (χ4n) is 1.15. The average molecular weight is 178 g/mol. The minimum atomic E-state index is 1.03. The Hall–Kier alpha value is -0.960. The number of rotatable bonds is 2. The second kappa shape index (κ2) is 3.19. The molecule has 0 N–H and O–H groups in total. The number of pyridine rings is 1. The Kier molecular flexibility index (Phi) is 2.04. The zero-order valence-electron chi connectivity index (χ0n) is 6.95. The minimum Gasteiger partial charge on any atom is -0.262 e. The molecule has 0 fully saturated rings. The van der Waals surface area contributed by atoms with Gasteiger partial charge in [0, 0.05) is 6.20 Å². The molecule has 62 valence electrons. The standard InChI is InChI=1S/C9H10N2S/c1-2-3-9-11-7-6-10-5-4-8(7)12-9/h4-6H,2-3H2,1H3. The van der Waals surface area contributed by atoms with Gasteiger partial charge in [0.15, 0.2) is 0 Å². The quantitative estimate of drug-likeness (QED) is 0.706. The summed E-state index contributed by atoms with van der Waals surface area (Å²) in [5.41, 5.74) is 1.03. The van der Waals surface area contributed by atoms with Crippen molar-refractivity contribution in [3.05, 3.63) is 23.5 Å². The van der Waals surface area contributed by atoms with Crippen LogP contribution < -0.4 is 0 Å². The summed E-state index contributed by atoms with van der Waals surface area (Å²) in [5, 5.41) is 1.22. The highest BCUT2D eigenvalue weighted by atomic mass is 32.1. The van der Waals surface area contributed by atoms with Crippen molar-refractivity contribution < 1.29 is 0 Å². The van der Waals surface area contributed by atoms with Crippen molar-refractivity contribution in [1.29, 1.82) is 0 Å². The van der Waals surface area contributed by atoms with Crippen LogP contribution in [0.25, 0.3) is 10.2 Å². The van der Waals surface area contributed by atoms with E-state index in [1.807, 2.05) is 18.5 Å². The van der Waals surface area contributed by atoms with Gasteiger partial charge in [-0.3, -0.25) is 4.98 Å². The van der Waals surface area contributed by atoms with Crippen LogP contribution in [0.5, 0.6) is 0 Å². The lowest BCUT2D eigenvalue weighted by molar-refractivity contribution is 0.912. The van der Waals surface area contributed by atoms with E-state index in [-0.39, 0.29) is 0 Å². The van der Waals surface area contributed by atoms with Gasteiger partial charge >= 0.3 is 0 Å². The van der Waals surface area contributed by atoms with E-state index in [4.69, 9.17) is 0 Å². The summed E-state index contributed by atoms with van der Waals surface area (Å²) in [7, 11) is 0. The lowest BCUT2D eigenvalue weighted by atomic mass is 10.3. The van der Waals surface area contributed by atoms with Crippen LogP contribution in [-0.2, 0) is 6.42 Å². The molecule has 0 saturated heterocycles. The van der Waals surface area contributed by atoms with E-state index in [1.165, 1.54) is 9.71 Å². The molecule has 0 spiro atoms. The number of thiazole rings is 1. The Bertz CT molecular complexity index is 348. The van der Waals surface area contributed by atoms with E-state index in [0.29, 0.717) is 0 Å². The molecule has 12 heavy (non-hydrogen) atoms. The molecular weight excluding hydrogens is 168 g/mol. The Morgan fingerprint density at radius 3 is 3.17 bits per heavy atom. The molecule has 0 aliphatic heterocycles. The van der Waals surface area contributed by atoms with Gasteiger partial charge in [-0.25, -0.2) is 4.98 Å². The summed E-state index contributed by atoms with van der Waals surface area (Å²) in [4.78, 5) is 8.49. The van der Waals surface area contributed by atoms with Crippen molar-refractivity contribution in [2.45, 2.75) is 19.8 Å². The first-order valence-electron chi connectivity index (χ1n) is 4.09. The molecule has 2 heterocycles. The highest BCUT2D eigenvalue weighted by Crippen LogP contribution is 2.21. The van der Waals surface area contributed by atoms with Gasteiger partial charge in [-0.05, 0) is 18.9 Å². The first-order valence-corrected chi connectivity index (χ1v) is 4.91. The predicted octanol–water partition coefficient (Wildman–Crippen LogP) is 2.64. The largest absolute Gasteiger partial charge is 0.262 e. The Balaban J connectivity index is 2.47. The van der Waals surface area contributed by atoms with Crippen molar-refractivity contribution in [2.75, 3.05) is 0 Å². The van der Waals surface area contributed by atoms with Gasteiger partial charge in [0.1, 0.15) is 0 Å². The molecule has 2 aromatic heterocycles. The van der Waals surface area contributed by atoms with Crippen LogP contribution in [0.1, 0.15) is 18.4 Å². The number of hydrogen-bond donors (Lipinski definition) is 0. The van der Waals surface area contributed by atoms with Gasteiger partial charge in [-0.1, -0.05) is 6.92 Å². The lowest BCUT2D eigenvalue weighted by Gasteiger charge is -1.84. The van der Waals surface area contributed by atoms with Crippen molar-refractivity contribution in [1.82, 2.24) is 9.97 Å². The Morgan fingerprint density at radius 1 is 1.50 bits per heavy atom. The van der Waals surface area contributed by atoms with Gasteiger partial charge < -0.3 is 0 Å². The van der Waals surface area contributed by atoms with E-state index >= 15 is 0 Å². The Morgan fingerprint density at radius 2 is 2.42 bits per heavy atom. The summed E-state index contributed by atoms with van der Waals surface area (Å²) in [6.45, 7) is 2.17. The van der Waals surface area contributed by atoms with Crippen molar-refractivity contribution in [3.63, 3.8) is 0 Å². The zero-order chi connectivity index (χ0) is 8.39. The molecule has 3 heteroatoms. The normalized spacial score (nSPS) is 10.8. The third-order valence-electron chi connectivity index (χ3n) is 1.70. The molecule has 0 aliphatic rings. The van der Waals surface area contributed by atoms with Gasteiger partial charge in [-0.2, -0.15) is 0 Å². The highest BCUT2D eigenvalue weighted by Gasteiger charge is 2.00. The molecule has 0 atom stereocenters. The van der Waals surface area contributed by atoms with Gasteiger partial charge in [0.05, 0.1) is 21.4 Å². The van der Waals surface area contributed by atoms with Crippen LogP contribution in [0.15, 0.2) is 18.5 Å². The molecule has 2 rings (SSSR count). The molecule has 0 aromatic carbocycles. The molecule has 0 saturated carbocycles. The maximum absolute atomic E-state index is 4.46. The number of hydrogen-bond acceptors (Lipinski definition) is 3. The van der Waals surface area contributed by atoms with Crippen LogP contribution in [0.4, 0.5) is 0 Å². The van der Waals surface area contributed by atoms with E-state index in [2.05, 4.69) is 16.9 Å². The van der Waals surface area contributed by atoms with Crippen LogP contribution in [-0.4, -0.2) is 9.97 Å². The summed E-state index contributed by atoms with van der Waals surface area (Å²) >= 11 is 1.77. The Labute approximate surface area is 75.3 Å². The third kappa shape index (κ3) is 1.32. The molecular formula is C9H10N2S. The highest BCUT2D eigenvalue weighted by molar-refractivity contribution is 7.18. The fourth-order valence-corrected chi connectivity index (χ4v) is 2.18. The van der Waals surface area contributed by atoms with Crippen molar-refractivity contribution >= 4 is 21.6 Å². The second-order valence-electron chi connectivity index (χ2n) is 2.70. The second-order valence-corrected chi connectivity index (χ2v) is 3.82. The molecule has 0 amide bonds. The zero-order valence-corrected chi connectivity index (χ0v) is 7.77. The van der Waals surface area contributed by atoms with Crippen LogP contribution in [0.3, 0.4) is 0 Å². The van der Waals surface area contributed by atoms with E-state index < -0.39 is 0 Å². The van der Waals surface area contributed by atoms with E-state index in [0.717, 1.165) is 18.4 Å². The van der Waals surface area contributed by atoms with Gasteiger partial charge in [0.2, 0.25) is 0 Å². The number of aryl methyl sites for hydroxylation is 1. The molecule has 0 radical (unpaired) electrons. The fraction of sp³-hybridized carbons (Fsp3) is 0.333. The lowest BCUT2D eigenvalue weighted by Crippen LogP contribution is -1.78. The maximum atomic E-state index is 4.46. The van der Waals surface area contributed by atoms with Gasteiger partial charge in [0.25, 0.3) is 0 Å². The number of nitrogens with zero attached hydrogens (tertiary/aromatic N) is 2. The van der Waals surface area contributed by atoms with Crippen molar-refractivity contribution in [3.8, 4) is 0 Å². The van der Waals surface area contributed by atoms with E-state index in [1.54, 1.807) is 11.3 Å². The molecule has 2 nitrogen and oxygen atoms in total. The molecule has 2 aromatic rings. The molecule has 0 unspecified atom stereocenters. The van der Waals surface area contributed by atoms with Crippen LogP contribution in [0, 0.1) is 0 Å². The van der Waals surface area contributed by atoms with E-state index in [9.17, 15) is 0 Å². The third-order valence-corrected chi connectivity index (χ3v) is 2.79. The maximum Gasteiger partial charge on any atom is 0.0998 e. The molecule has 0 aliphatic carbocycles. The predicted molar refractivity (Wildman–Crippen MR) is 51.4 cm³/mol. The smallest absolute Gasteiger partial charge is 0.0998 e. The summed E-state index contributed by atoms with van der Waals surface area (Å²) < 4.78 is 1.24. The number of fused-ring (bicyclic) bond motifs is 1. The molecule has 0 bridgehead atoms. The minimum absolute atomic E-state index is 1.03. The van der Waals surface area contributed by atoms with Crippen LogP contribution in [0.2, 0.25) is 0 Å². The summed E-state index contributed by atoms with van der Waals surface area (Å²) in [5.74, 6) is 0. The summed E-state index contributed by atoms with van der Waals surface area (Å²) in [6, 6.07) is 2.02. The van der Waals surface area contributed by atoms with Crippen LogP contribution >= 0.6 is 11.3 Å². The first kappa shape index (κ1) is 7.68. The van der Waals surface area contributed by atoms with Crippen molar-refractivity contribution in [2.24, 2.45) is 0 Å². The SMILES string of the molecule is CCCc1nc2cnccc2s1. The van der Waals surface area contributed by atoms with Gasteiger partial charge in [-0.15, -0.1) is 11.3 Å².